The normalized spacial score (nSPS) is 11.6. The fourth-order valence-corrected chi connectivity index (χ4v) is 1.81. The van der Waals surface area contributed by atoms with Crippen LogP contribution in [-0.4, -0.2) is 0 Å². The Morgan fingerprint density at radius 3 is 2.64 bits per heavy atom. The van der Waals surface area contributed by atoms with Gasteiger partial charge in [-0.05, 0) is 24.5 Å². The number of allylic oxidation sites excluding steroid dienone is 1. The molecule has 0 bridgehead atoms. The predicted molar refractivity (Wildman–Crippen MR) is 67.7 cm³/mol. The topological polar surface area (TPSA) is 26.0 Å². The maximum absolute atomic E-state index is 6.00. The zero-order valence-electron chi connectivity index (χ0n) is 7.95. The molecule has 0 spiro atoms. The first-order valence-corrected chi connectivity index (χ1v) is 5.16. The van der Waals surface area contributed by atoms with E-state index in [1.54, 1.807) is 0 Å². The standard InChI is InChI=1S/C11H14BrN.ClH/c1-2-3-8-11(13)9-6-4-5-7-10(9)12;/h2,4-7,11H,1,3,8,13H2;1H/t11-;/m0./s1. The van der Waals surface area contributed by atoms with E-state index in [0.29, 0.717) is 0 Å². The van der Waals surface area contributed by atoms with E-state index in [4.69, 9.17) is 5.73 Å². The third-order valence-corrected chi connectivity index (χ3v) is 2.71. The highest BCUT2D eigenvalue weighted by Gasteiger charge is 2.07. The summed E-state index contributed by atoms with van der Waals surface area (Å²) in [6.45, 7) is 3.68. The molecule has 1 aromatic rings. The largest absolute Gasteiger partial charge is 0.324 e. The van der Waals surface area contributed by atoms with Crippen molar-refractivity contribution < 1.29 is 0 Å². The van der Waals surface area contributed by atoms with Crippen molar-refractivity contribution in [3.63, 3.8) is 0 Å². The molecule has 0 heterocycles. The van der Waals surface area contributed by atoms with Crippen LogP contribution in [0.1, 0.15) is 24.4 Å². The zero-order valence-corrected chi connectivity index (χ0v) is 10.4. The number of hydrogen-bond donors (Lipinski definition) is 1. The van der Waals surface area contributed by atoms with Gasteiger partial charge in [-0.15, -0.1) is 19.0 Å². The van der Waals surface area contributed by atoms with Gasteiger partial charge in [0.25, 0.3) is 0 Å². The van der Waals surface area contributed by atoms with Crippen LogP contribution in [0.2, 0.25) is 0 Å². The summed E-state index contributed by atoms with van der Waals surface area (Å²) in [4.78, 5) is 0. The van der Waals surface area contributed by atoms with Gasteiger partial charge in [-0.25, -0.2) is 0 Å². The van der Waals surface area contributed by atoms with Gasteiger partial charge in [0, 0.05) is 10.5 Å². The first-order chi connectivity index (χ1) is 6.25. The lowest BCUT2D eigenvalue weighted by Crippen LogP contribution is -2.10. The Balaban J connectivity index is 0.00000169. The smallest absolute Gasteiger partial charge is 0.0309 e. The second-order valence-corrected chi connectivity index (χ2v) is 3.85. The highest BCUT2D eigenvalue weighted by molar-refractivity contribution is 9.10. The molecule has 3 heteroatoms. The fraction of sp³-hybridized carbons (Fsp3) is 0.273. The van der Waals surface area contributed by atoms with Crippen LogP contribution in [0.4, 0.5) is 0 Å². The zero-order chi connectivity index (χ0) is 9.68. The van der Waals surface area contributed by atoms with Gasteiger partial charge in [-0.1, -0.05) is 40.2 Å². The van der Waals surface area contributed by atoms with Crippen molar-refractivity contribution in [2.45, 2.75) is 18.9 Å². The van der Waals surface area contributed by atoms with Gasteiger partial charge in [0.05, 0.1) is 0 Å². The minimum absolute atomic E-state index is 0. The molecule has 0 saturated carbocycles. The first kappa shape index (κ1) is 13.7. The molecule has 1 aromatic carbocycles. The SMILES string of the molecule is C=CCC[C@H](N)c1ccccc1Br.Cl. The summed E-state index contributed by atoms with van der Waals surface area (Å²) in [5.41, 5.74) is 7.17. The summed E-state index contributed by atoms with van der Waals surface area (Å²) in [5.74, 6) is 0. The summed E-state index contributed by atoms with van der Waals surface area (Å²) in [6, 6.07) is 8.18. The molecule has 78 valence electrons. The van der Waals surface area contributed by atoms with E-state index in [2.05, 4.69) is 28.6 Å². The molecule has 0 amide bonds. The molecule has 0 saturated heterocycles. The van der Waals surface area contributed by atoms with E-state index in [1.165, 1.54) is 5.56 Å². The third kappa shape index (κ3) is 3.82. The Hall–Kier alpha value is -0.310. The molecule has 1 nitrogen and oxygen atoms in total. The minimum atomic E-state index is 0. The molecule has 1 atom stereocenters. The molecule has 14 heavy (non-hydrogen) atoms. The van der Waals surface area contributed by atoms with Crippen LogP contribution in [0.25, 0.3) is 0 Å². The summed E-state index contributed by atoms with van der Waals surface area (Å²) >= 11 is 3.48. The van der Waals surface area contributed by atoms with E-state index in [0.717, 1.165) is 17.3 Å². The van der Waals surface area contributed by atoms with E-state index < -0.39 is 0 Å². The maximum atomic E-state index is 6.00. The molecular weight excluding hydrogens is 261 g/mol. The Bertz CT molecular complexity index is 288. The molecular formula is C11H15BrClN. The Morgan fingerprint density at radius 1 is 1.43 bits per heavy atom. The summed E-state index contributed by atoms with van der Waals surface area (Å²) in [5, 5.41) is 0. The lowest BCUT2D eigenvalue weighted by Gasteiger charge is -2.12. The van der Waals surface area contributed by atoms with Gasteiger partial charge in [0.2, 0.25) is 0 Å². The monoisotopic (exact) mass is 275 g/mol. The van der Waals surface area contributed by atoms with E-state index >= 15 is 0 Å². The molecule has 0 unspecified atom stereocenters. The minimum Gasteiger partial charge on any atom is -0.324 e. The van der Waals surface area contributed by atoms with Crippen molar-refractivity contribution in [2.24, 2.45) is 5.73 Å². The van der Waals surface area contributed by atoms with Crippen molar-refractivity contribution in [3.05, 3.63) is 47.0 Å². The number of rotatable bonds is 4. The van der Waals surface area contributed by atoms with E-state index in [1.807, 2.05) is 24.3 Å². The molecule has 0 aromatic heterocycles. The molecule has 0 aliphatic rings. The van der Waals surface area contributed by atoms with E-state index in [9.17, 15) is 0 Å². The average molecular weight is 277 g/mol. The Morgan fingerprint density at radius 2 is 2.07 bits per heavy atom. The van der Waals surface area contributed by atoms with Crippen molar-refractivity contribution in [2.75, 3.05) is 0 Å². The second-order valence-electron chi connectivity index (χ2n) is 2.99. The Labute approximate surface area is 99.9 Å². The van der Waals surface area contributed by atoms with Gasteiger partial charge < -0.3 is 5.73 Å². The highest BCUT2D eigenvalue weighted by atomic mass is 79.9. The van der Waals surface area contributed by atoms with Crippen LogP contribution in [0.5, 0.6) is 0 Å². The van der Waals surface area contributed by atoms with Crippen LogP contribution >= 0.6 is 28.3 Å². The molecule has 1 rings (SSSR count). The lowest BCUT2D eigenvalue weighted by atomic mass is 10.0. The van der Waals surface area contributed by atoms with Crippen LogP contribution in [0, 0.1) is 0 Å². The maximum Gasteiger partial charge on any atom is 0.0309 e. The molecule has 0 fully saturated rings. The first-order valence-electron chi connectivity index (χ1n) is 4.36. The predicted octanol–water partition coefficient (Wildman–Crippen LogP) is 3.84. The number of nitrogens with two attached hydrogens (primary N) is 1. The summed E-state index contributed by atoms with van der Waals surface area (Å²) in [7, 11) is 0. The van der Waals surface area contributed by atoms with Crippen molar-refractivity contribution in [1.29, 1.82) is 0 Å². The molecule has 0 aliphatic carbocycles. The van der Waals surface area contributed by atoms with E-state index in [-0.39, 0.29) is 18.4 Å². The third-order valence-electron chi connectivity index (χ3n) is 1.99. The van der Waals surface area contributed by atoms with Crippen molar-refractivity contribution >= 4 is 28.3 Å². The van der Waals surface area contributed by atoms with Crippen LogP contribution in [0.3, 0.4) is 0 Å². The lowest BCUT2D eigenvalue weighted by molar-refractivity contribution is 0.659. The number of halogens is 2. The van der Waals surface area contributed by atoms with Crippen molar-refractivity contribution in [1.82, 2.24) is 0 Å². The molecule has 0 radical (unpaired) electrons. The quantitative estimate of drug-likeness (QED) is 0.831. The molecule has 2 N–H and O–H groups in total. The fourth-order valence-electron chi connectivity index (χ4n) is 1.23. The number of hydrogen-bond acceptors (Lipinski definition) is 1. The van der Waals surface area contributed by atoms with Crippen LogP contribution in [0.15, 0.2) is 41.4 Å². The number of benzene rings is 1. The van der Waals surface area contributed by atoms with Crippen molar-refractivity contribution in [3.8, 4) is 0 Å². The van der Waals surface area contributed by atoms with Gasteiger partial charge in [-0.3, -0.25) is 0 Å². The van der Waals surface area contributed by atoms with Gasteiger partial charge >= 0.3 is 0 Å². The summed E-state index contributed by atoms with van der Waals surface area (Å²) < 4.78 is 1.09. The Kier molecular flexibility index (Phi) is 6.89. The van der Waals surface area contributed by atoms with Gasteiger partial charge in [-0.2, -0.15) is 0 Å². The van der Waals surface area contributed by atoms with Crippen LogP contribution < -0.4 is 5.73 Å². The van der Waals surface area contributed by atoms with Gasteiger partial charge in [0.1, 0.15) is 0 Å². The average Bonchev–Trinajstić information content (AvgIpc) is 2.15. The summed E-state index contributed by atoms with van der Waals surface area (Å²) in [6.07, 6.45) is 3.81. The molecule has 0 aliphatic heterocycles. The van der Waals surface area contributed by atoms with Gasteiger partial charge in [0.15, 0.2) is 0 Å². The van der Waals surface area contributed by atoms with Crippen LogP contribution in [-0.2, 0) is 0 Å². The second kappa shape index (κ2) is 7.04. The highest BCUT2D eigenvalue weighted by Crippen LogP contribution is 2.24.